The molecule has 2 rings (SSSR count). The summed E-state index contributed by atoms with van der Waals surface area (Å²) in [6.45, 7) is 11.4. The van der Waals surface area contributed by atoms with Gasteiger partial charge in [0.1, 0.15) is 0 Å². The van der Waals surface area contributed by atoms with Gasteiger partial charge in [-0.25, -0.2) is 22.0 Å². The highest BCUT2D eigenvalue weighted by Crippen LogP contribution is 2.12. The van der Waals surface area contributed by atoms with Crippen LogP contribution in [0, 0.1) is 36.0 Å². The molecule has 0 saturated heterocycles. The van der Waals surface area contributed by atoms with Crippen LogP contribution in [0.2, 0.25) is 0 Å². The monoisotopic (exact) mass is 348 g/mol. The molecule has 0 aliphatic rings. The van der Waals surface area contributed by atoms with E-state index >= 15 is 0 Å². The van der Waals surface area contributed by atoms with Crippen molar-refractivity contribution in [1.82, 2.24) is 0 Å². The molecule has 0 heterocycles. The van der Waals surface area contributed by atoms with Crippen LogP contribution in [0.25, 0.3) is 0 Å². The molecule has 2 aromatic carbocycles. The average Bonchev–Trinajstić information content (AvgIpc) is 2.59. The lowest BCUT2D eigenvalue weighted by Gasteiger charge is -1.95. The third-order valence-corrected chi connectivity index (χ3v) is 2.52. The smallest absolute Gasteiger partial charge is 0.194 e. The van der Waals surface area contributed by atoms with Crippen LogP contribution in [0.1, 0.15) is 45.7 Å². The molecule has 0 spiro atoms. The van der Waals surface area contributed by atoms with Gasteiger partial charge in [-0.15, -0.1) is 0 Å². The van der Waals surface area contributed by atoms with Crippen molar-refractivity contribution in [1.29, 1.82) is 0 Å². The van der Waals surface area contributed by atoms with Gasteiger partial charge in [0.15, 0.2) is 29.1 Å². The van der Waals surface area contributed by atoms with E-state index in [1.807, 2.05) is 34.6 Å². The van der Waals surface area contributed by atoms with Gasteiger partial charge in [-0.3, -0.25) is 0 Å². The van der Waals surface area contributed by atoms with Crippen molar-refractivity contribution in [2.45, 2.75) is 48.0 Å². The topological polar surface area (TPSA) is 0 Å². The summed E-state index contributed by atoms with van der Waals surface area (Å²) in [4.78, 5) is 0. The highest BCUT2D eigenvalue weighted by Gasteiger charge is 2.07. The summed E-state index contributed by atoms with van der Waals surface area (Å²) in [6.07, 6.45) is 0.733. The maximum atomic E-state index is 12.4. The van der Waals surface area contributed by atoms with Gasteiger partial charge in [-0.05, 0) is 48.7 Å². The van der Waals surface area contributed by atoms with E-state index in [9.17, 15) is 22.0 Å². The average molecular weight is 348 g/mol. The Labute approximate surface area is 141 Å². The second-order valence-electron chi connectivity index (χ2n) is 4.14. The van der Waals surface area contributed by atoms with E-state index in [1.54, 1.807) is 6.07 Å². The Bertz CT molecular complexity index is 571. The standard InChI is InChI=1S/C8H8F2.C7H5F3.2C2H6/c1-2-6-3-4-7(9)8(10)5-6;1-4-2-5(8)7(10)6(9)3-4;2*1-2/h3-5H,2H2,1H3;2-3H,1H3;2*1-2H3. The first-order chi connectivity index (χ1) is 11.3. The van der Waals surface area contributed by atoms with Gasteiger partial charge in [0.25, 0.3) is 0 Å². The Morgan fingerprint density at radius 2 is 1.12 bits per heavy atom. The van der Waals surface area contributed by atoms with Crippen LogP contribution in [0.15, 0.2) is 30.3 Å². The molecule has 0 aliphatic carbocycles. The molecule has 0 atom stereocenters. The van der Waals surface area contributed by atoms with E-state index < -0.39 is 29.1 Å². The molecule has 0 nitrogen and oxygen atoms in total. The largest absolute Gasteiger partial charge is 0.204 e. The van der Waals surface area contributed by atoms with E-state index in [2.05, 4.69) is 0 Å². The molecule has 0 amide bonds. The minimum Gasteiger partial charge on any atom is -0.204 e. The Kier molecular flexibility index (Phi) is 13.7. The van der Waals surface area contributed by atoms with Gasteiger partial charge < -0.3 is 0 Å². The Balaban J connectivity index is 0. The molecule has 0 aliphatic heterocycles. The minimum atomic E-state index is -1.41. The van der Waals surface area contributed by atoms with Crippen molar-refractivity contribution in [2.24, 2.45) is 0 Å². The number of benzene rings is 2. The SMILES string of the molecule is CC.CC.CCc1ccc(F)c(F)c1.Cc1cc(F)c(F)c(F)c1. The third kappa shape index (κ3) is 8.65. The summed E-state index contributed by atoms with van der Waals surface area (Å²) in [5, 5.41) is 0. The second-order valence-corrected chi connectivity index (χ2v) is 4.14. The van der Waals surface area contributed by atoms with Crippen LogP contribution in [0.3, 0.4) is 0 Å². The van der Waals surface area contributed by atoms with Crippen LogP contribution < -0.4 is 0 Å². The summed E-state index contributed by atoms with van der Waals surface area (Å²) in [5.41, 5.74) is 1.19. The zero-order chi connectivity index (χ0) is 19.3. The minimum absolute atomic E-state index is 0.372. The molecule has 0 bridgehead atoms. The van der Waals surface area contributed by atoms with Gasteiger partial charge in [0.05, 0.1) is 0 Å². The molecule has 24 heavy (non-hydrogen) atoms. The lowest BCUT2D eigenvalue weighted by Crippen LogP contribution is -1.90. The summed E-state index contributed by atoms with van der Waals surface area (Å²) in [5.74, 6) is -5.24. The van der Waals surface area contributed by atoms with Crippen LogP contribution in [0.5, 0.6) is 0 Å². The van der Waals surface area contributed by atoms with Crippen LogP contribution in [-0.2, 0) is 6.42 Å². The molecule has 136 valence electrons. The van der Waals surface area contributed by atoms with Crippen LogP contribution in [0.4, 0.5) is 22.0 Å². The number of halogens is 5. The van der Waals surface area contributed by atoms with Crippen LogP contribution in [-0.4, -0.2) is 0 Å². The fourth-order valence-electron chi connectivity index (χ4n) is 1.44. The molecule has 0 radical (unpaired) electrons. The summed E-state index contributed by atoms with van der Waals surface area (Å²) in [7, 11) is 0. The first kappa shape index (κ1) is 24.3. The van der Waals surface area contributed by atoms with Crippen LogP contribution >= 0.6 is 0 Å². The summed E-state index contributed by atoms with van der Waals surface area (Å²) < 4.78 is 61.3. The van der Waals surface area contributed by atoms with Gasteiger partial charge in [0.2, 0.25) is 0 Å². The molecular formula is C19H25F5. The lowest BCUT2D eigenvalue weighted by atomic mass is 10.2. The number of hydrogen-bond donors (Lipinski definition) is 0. The fraction of sp³-hybridized carbons (Fsp3) is 0.368. The summed E-state index contributed by atoms with van der Waals surface area (Å²) in [6, 6.07) is 5.83. The number of aryl methyl sites for hydroxylation is 2. The molecule has 5 heteroatoms. The van der Waals surface area contributed by atoms with Crippen molar-refractivity contribution in [3.8, 4) is 0 Å². The lowest BCUT2D eigenvalue weighted by molar-refractivity contribution is 0.446. The quantitative estimate of drug-likeness (QED) is 0.385. The van der Waals surface area contributed by atoms with Gasteiger partial charge in [-0.1, -0.05) is 40.7 Å². The van der Waals surface area contributed by atoms with E-state index in [0.29, 0.717) is 5.56 Å². The zero-order valence-corrected chi connectivity index (χ0v) is 15.0. The summed E-state index contributed by atoms with van der Waals surface area (Å²) >= 11 is 0. The Morgan fingerprint density at radius 3 is 1.50 bits per heavy atom. The Hall–Kier alpha value is -1.91. The van der Waals surface area contributed by atoms with Crippen molar-refractivity contribution in [3.63, 3.8) is 0 Å². The number of rotatable bonds is 1. The zero-order valence-electron chi connectivity index (χ0n) is 15.0. The predicted octanol–water partition coefficient (Wildman–Crippen LogP) is 6.99. The molecular weight excluding hydrogens is 323 g/mol. The number of hydrogen-bond acceptors (Lipinski definition) is 0. The highest BCUT2D eigenvalue weighted by atomic mass is 19.2. The van der Waals surface area contributed by atoms with E-state index in [1.165, 1.54) is 13.0 Å². The fourth-order valence-corrected chi connectivity index (χ4v) is 1.44. The van der Waals surface area contributed by atoms with Crippen molar-refractivity contribution in [3.05, 3.63) is 70.5 Å². The first-order valence-corrected chi connectivity index (χ1v) is 7.90. The molecule has 0 unspecified atom stereocenters. The van der Waals surface area contributed by atoms with Gasteiger partial charge in [-0.2, -0.15) is 0 Å². The van der Waals surface area contributed by atoms with E-state index in [0.717, 1.165) is 30.2 Å². The van der Waals surface area contributed by atoms with Crippen molar-refractivity contribution < 1.29 is 22.0 Å². The predicted molar refractivity (Wildman–Crippen MR) is 89.5 cm³/mol. The van der Waals surface area contributed by atoms with Gasteiger partial charge >= 0.3 is 0 Å². The Morgan fingerprint density at radius 1 is 0.667 bits per heavy atom. The first-order valence-electron chi connectivity index (χ1n) is 7.90. The molecule has 0 N–H and O–H groups in total. The molecule has 0 fully saturated rings. The van der Waals surface area contributed by atoms with Crippen molar-refractivity contribution in [2.75, 3.05) is 0 Å². The van der Waals surface area contributed by atoms with Gasteiger partial charge in [0, 0.05) is 0 Å². The normalized spacial score (nSPS) is 8.79. The molecule has 2 aromatic rings. The second kappa shape index (κ2) is 13.5. The maximum Gasteiger partial charge on any atom is 0.194 e. The molecule has 0 aromatic heterocycles. The third-order valence-electron chi connectivity index (χ3n) is 2.52. The van der Waals surface area contributed by atoms with Crippen molar-refractivity contribution >= 4 is 0 Å². The maximum absolute atomic E-state index is 12.4. The van der Waals surface area contributed by atoms with E-state index in [4.69, 9.17) is 0 Å². The molecule has 0 saturated carbocycles. The highest BCUT2D eigenvalue weighted by molar-refractivity contribution is 5.18. The van der Waals surface area contributed by atoms with E-state index in [-0.39, 0.29) is 0 Å².